The van der Waals surface area contributed by atoms with Crippen LogP contribution < -0.4 is 9.47 Å². The van der Waals surface area contributed by atoms with Gasteiger partial charge in [0.15, 0.2) is 0 Å². The number of carbonyl (C=O) groups excluding carboxylic acids is 3. The summed E-state index contributed by atoms with van der Waals surface area (Å²) in [6, 6.07) is 19.9. The molecule has 43 heavy (non-hydrogen) atoms. The first kappa shape index (κ1) is 32.0. The molecule has 2 amide bonds. The summed E-state index contributed by atoms with van der Waals surface area (Å²) >= 11 is 0. The fraction of sp³-hybridized carbons (Fsp3) is 0.432. The zero-order valence-corrected chi connectivity index (χ0v) is 25.7. The fourth-order valence-electron chi connectivity index (χ4n) is 5.37. The number of fused-ring (bicyclic) bond motifs is 1. The zero-order chi connectivity index (χ0) is 30.4. The van der Waals surface area contributed by atoms with Gasteiger partial charge in [0.05, 0.1) is 23.3 Å². The number of ether oxygens (including phenoxy) is 2. The number of nitrogens with zero attached hydrogens (tertiary/aromatic N) is 1. The monoisotopic (exact) mass is 583 g/mol. The van der Waals surface area contributed by atoms with E-state index in [4.69, 9.17) is 9.47 Å². The summed E-state index contributed by atoms with van der Waals surface area (Å²) in [4.78, 5) is 39.6. The standard InChI is InChI=1S/C37H45NO5/c1-3-5-7-8-9-10-11-12-14-26-42-31-20-15-28(16-21-31)29-17-22-32(23-18-29)43-37(41)30-19-24-33-34(27-30)36(40)38(35(33)39)25-13-6-4-2/h15-24,27H,3-14,25-26H2,1-2H3. The minimum Gasteiger partial charge on any atom is -0.494 e. The van der Waals surface area contributed by atoms with Gasteiger partial charge in [-0.2, -0.15) is 0 Å². The molecule has 228 valence electrons. The van der Waals surface area contributed by atoms with Crippen molar-refractivity contribution in [1.29, 1.82) is 0 Å². The van der Waals surface area contributed by atoms with Gasteiger partial charge in [0.25, 0.3) is 11.8 Å². The molecule has 1 heterocycles. The van der Waals surface area contributed by atoms with Gasteiger partial charge in [-0.15, -0.1) is 0 Å². The van der Waals surface area contributed by atoms with Crippen LogP contribution >= 0.6 is 0 Å². The number of hydrogen-bond acceptors (Lipinski definition) is 5. The molecule has 0 fully saturated rings. The molecular formula is C37H45NO5. The molecule has 0 unspecified atom stereocenters. The molecule has 3 aromatic carbocycles. The zero-order valence-electron chi connectivity index (χ0n) is 25.7. The van der Waals surface area contributed by atoms with Gasteiger partial charge in [-0.3, -0.25) is 14.5 Å². The van der Waals surface area contributed by atoms with E-state index in [-0.39, 0.29) is 22.9 Å². The number of esters is 1. The van der Waals surface area contributed by atoms with Crippen molar-refractivity contribution in [2.45, 2.75) is 90.9 Å². The topological polar surface area (TPSA) is 72.9 Å². The number of amides is 2. The van der Waals surface area contributed by atoms with Crippen molar-refractivity contribution in [2.24, 2.45) is 0 Å². The molecule has 0 atom stereocenters. The van der Waals surface area contributed by atoms with Crippen molar-refractivity contribution >= 4 is 17.8 Å². The Morgan fingerprint density at radius 2 is 1.14 bits per heavy atom. The molecule has 0 saturated heterocycles. The molecule has 4 rings (SSSR count). The third kappa shape index (κ3) is 9.03. The molecule has 6 heteroatoms. The smallest absolute Gasteiger partial charge is 0.343 e. The molecule has 0 bridgehead atoms. The highest BCUT2D eigenvalue weighted by molar-refractivity contribution is 6.22. The lowest BCUT2D eigenvalue weighted by Gasteiger charge is -2.12. The van der Waals surface area contributed by atoms with Gasteiger partial charge in [0, 0.05) is 6.54 Å². The highest BCUT2D eigenvalue weighted by Crippen LogP contribution is 2.27. The van der Waals surface area contributed by atoms with Crippen LogP contribution in [0.2, 0.25) is 0 Å². The van der Waals surface area contributed by atoms with Gasteiger partial charge in [-0.25, -0.2) is 4.79 Å². The lowest BCUT2D eigenvalue weighted by molar-refractivity contribution is 0.0650. The summed E-state index contributed by atoms with van der Waals surface area (Å²) in [7, 11) is 0. The molecule has 0 aromatic heterocycles. The van der Waals surface area contributed by atoms with Crippen LogP contribution in [0.5, 0.6) is 11.5 Å². The molecule has 1 aliphatic heterocycles. The van der Waals surface area contributed by atoms with Crippen molar-refractivity contribution < 1.29 is 23.9 Å². The second kappa shape index (κ2) is 16.6. The average Bonchev–Trinajstić information content (AvgIpc) is 3.27. The fourth-order valence-corrected chi connectivity index (χ4v) is 5.37. The van der Waals surface area contributed by atoms with Gasteiger partial charge in [-0.1, -0.05) is 102 Å². The van der Waals surface area contributed by atoms with E-state index < -0.39 is 5.97 Å². The third-order valence-electron chi connectivity index (χ3n) is 7.96. The number of rotatable bonds is 18. The molecule has 0 aliphatic carbocycles. The second-order valence-corrected chi connectivity index (χ2v) is 11.3. The van der Waals surface area contributed by atoms with Crippen molar-refractivity contribution in [1.82, 2.24) is 4.90 Å². The van der Waals surface area contributed by atoms with Crippen LogP contribution in [0.3, 0.4) is 0 Å². The van der Waals surface area contributed by atoms with E-state index >= 15 is 0 Å². The predicted octanol–water partition coefficient (Wildman–Crippen LogP) is 9.27. The Labute approximate surface area is 256 Å². The Balaban J connectivity index is 1.23. The first-order valence-corrected chi connectivity index (χ1v) is 16.1. The van der Waals surface area contributed by atoms with Crippen LogP contribution in [0.25, 0.3) is 11.1 Å². The van der Waals surface area contributed by atoms with E-state index in [0.29, 0.717) is 17.9 Å². The van der Waals surface area contributed by atoms with Crippen molar-refractivity contribution in [3.05, 3.63) is 83.4 Å². The van der Waals surface area contributed by atoms with Gasteiger partial charge >= 0.3 is 5.97 Å². The molecule has 0 spiro atoms. The van der Waals surface area contributed by atoms with Crippen LogP contribution in [0.1, 0.15) is 122 Å². The molecule has 0 radical (unpaired) electrons. The van der Waals surface area contributed by atoms with E-state index in [0.717, 1.165) is 49.2 Å². The lowest BCUT2D eigenvalue weighted by Crippen LogP contribution is -2.30. The predicted molar refractivity (Wildman–Crippen MR) is 171 cm³/mol. The largest absolute Gasteiger partial charge is 0.494 e. The molecule has 6 nitrogen and oxygen atoms in total. The van der Waals surface area contributed by atoms with E-state index in [9.17, 15) is 14.4 Å². The number of carbonyl (C=O) groups is 3. The molecular weight excluding hydrogens is 538 g/mol. The Kier molecular flexibility index (Phi) is 12.4. The Hall–Kier alpha value is -3.93. The number of imide groups is 1. The van der Waals surface area contributed by atoms with Crippen LogP contribution in [-0.2, 0) is 0 Å². The maximum atomic E-state index is 12.8. The Bertz CT molecular complexity index is 1350. The second-order valence-electron chi connectivity index (χ2n) is 11.3. The third-order valence-corrected chi connectivity index (χ3v) is 7.96. The maximum Gasteiger partial charge on any atom is 0.343 e. The molecule has 0 saturated carbocycles. The van der Waals surface area contributed by atoms with Gasteiger partial charge < -0.3 is 9.47 Å². The summed E-state index contributed by atoms with van der Waals surface area (Å²) in [6.07, 6.45) is 14.4. The number of hydrogen-bond donors (Lipinski definition) is 0. The first-order chi connectivity index (χ1) is 21.0. The summed E-state index contributed by atoms with van der Waals surface area (Å²) in [5, 5.41) is 0. The quantitative estimate of drug-likeness (QED) is 0.0646. The lowest BCUT2D eigenvalue weighted by atomic mass is 10.1. The van der Waals surface area contributed by atoms with Gasteiger partial charge in [0.1, 0.15) is 11.5 Å². The highest BCUT2D eigenvalue weighted by atomic mass is 16.5. The molecule has 1 aliphatic rings. The molecule has 0 N–H and O–H groups in total. The van der Waals surface area contributed by atoms with Crippen molar-refractivity contribution in [3.63, 3.8) is 0 Å². The van der Waals surface area contributed by atoms with Crippen LogP contribution in [-0.4, -0.2) is 35.8 Å². The average molecular weight is 584 g/mol. The van der Waals surface area contributed by atoms with Gasteiger partial charge in [-0.05, 0) is 66.4 Å². The molecule has 3 aromatic rings. The summed E-state index contributed by atoms with van der Waals surface area (Å²) in [6.45, 7) is 5.45. The van der Waals surface area contributed by atoms with E-state index in [2.05, 4.69) is 13.8 Å². The van der Waals surface area contributed by atoms with Crippen molar-refractivity contribution in [3.8, 4) is 22.6 Å². The van der Waals surface area contributed by atoms with Gasteiger partial charge in [0.2, 0.25) is 0 Å². The van der Waals surface area contributed by atoms with Crippen LogP contribution in [0.4, 0.5) is 0 Å². The first-order valence-electron chi connectivity index (χ1n) is 16.1. The normalized spacial score (nSPS) is 12.5. The van der Waals surface area contributed by atoms with E-state index in [1.807, 2.05) is 36.4 Å². The summed E-state index contributed by atoms with van der Waals surface area (Å²) < 4.78 is 11.5. The minimum atomic E-state index is -0.575. The number of benzene rings is 3. The summed E-state index contributed by atoms with van der Waals surface area (Å²) in [5.41, 5.74) is 2.86. The Morgan fingerprint density at radius 3 is 1.77 bits per heavy atom. The number of unbranched alkanes of at least 4 members (excludes halogenated alkanes) is 10. The SMILES string of the molecule is CCCCCCCCCCCOc1ccc(-c2ccc(OC(=O)c3ccc4c(c3)C(=O)N(CCCCC)C4=O)cc2)cc1. The Morgan fingerprint density at radius 1 is 0.605 bits per heavy atom. The van der Waals surface area contributed by atoms with E-state index in [1.54, 1.807) is 18.2 Å². The maximum absolute atomic E-state index is 12.8. The highest BCUT2D eigenvalue weighted by Gasteiger charge is 2.35. The van der Waals surface area contributed by atoms with Crippen LogP contribution in [0, 0.1) is 0 Å². The van der Waals surface area contributed by atoms with Crippen molar-refractivity contribution in [2.75, 3.05) is 13.2 Å². The minimum absolute atomic E-state index is 0.234. The van der Waals surface area contributed by atoms with E-state index in [1.165, 1.54) is 68.4 Å². The summed E-state index contributed by atoms with van der Waals surface area (Å²) in [5.74, 6) is 0.0416. The van der Waals surface area contributed by atoms with Crippen LogP contribution in [0.15, 0.2) is 66.7 Å².